The van der Waals surface area contributed by atoms with E-state index in [2.05, 4.69) is 11.1 Å². The van der Waals surface area contributed by atoms with Crippen LogP contribution in [0.4, 0.5) is 0 Å². The second-order valence-electron chi connectivity index (χ2n) is 4.18. The van der Waals surface area contributed by atoms with Crippen LogP contribution in [0.25, 0.3) is 21.9 Å². The molecule has 3 aromatic rings. The third-order valence-corrected chi connectivity index (χ3v) is 4.26. The summed E-state index contributed by atoms with van der Waals surface area (Å²) in [6.45, 7) is 0. The molecule has 0 bridgehead atoms. The van der Waals surface area contributed by atoms with Crippen LogP contribution in [0.2, 0.25) is 5.02 Å². The number of halogens is 1. The molecule has 20 heavy (non-hydrogen) atoms. The Kier molecular flexibility index (Phi) is 3.51. The number of allylic oxidation sites excluding steroid dienone is 1. The predicted molar refractivity (Wildman–Crippen MR) is 84.6 cm³/mol. The van der Waals surface area contributed by atoms with Gasteiger partial charge >= 0.3 is 0 Å². The van der Waals surface area contributed by atoms with Crippen molar-refractivity contribution in [3.63, 3.8) is 0 Å². The average molecular weight is 297 g/mol. The molecule has 0 fully saturated rings. The van der Waals surface area contributed by atoms with Crippen LogP contribution in [-0.2, 0) is 0 Å². The first-order valence-corrected chi connectivity index (χ1v) is 7.19. The van der Waals surface area contributed by atoms with E-state index in [1.165, 1.54) is 11.3 Å². The first kappa shape index (κ1) is 12.9. The van der Waals surface area contributed by atoms with Gasteiger partial charge in [0.2, 0.25) is 0 Å². The highest BCUT2D eigenvalue weighted by molar-refractivity contribution is 7.19. The molecule has 1 heterocycles. The van der Waals surface area contributed by atoms with Gasteiger partial charge in [0.15, 0.2) is 0 Å². The van der Waals surface area contributed by atoms with E-state index in [1.54, 1.807) is 12.1 Å². The maximum atomic E-state index is 9.36. The summed E-state index contributed by atoms with van der Waals surface area (Å²) in [5, 5.41) is 10.7. The molecule has 0 atom stereocenters. The summed E-state index contributed by atoms with van der Waals surface area (Å²) < 4.78 is 1.07. The van der Waals surface area contributed by atoms with Gasteiger partial charge in [-0.25, -0.2) is 4.98 Å². The van der Waals surface area contributed by atoms with Crippen molar-refractivity contribution in [1.29, 1.82) is 5.26 Å². The molecule has 0 saturated carbocycles. The molecule has 0 saturated heterocycles. The highest BCUT2D eigenvalue weighted by Gasteiger charge is 2.09. The quantitative estimate of drug-likeness (QED) is 0.623. The van der Waals surface area contributed by atoms with E-state index >= 15 is 0 Å². The lowest BCUT2D eigenvalue weighted by Gasteiger charge is -1.98. The second kappa shape index (κ2) is 5.46. The molecular weight excluding hydrogens is 288 g/mol. The van der Waals surface area contributed by atoms with Gasteiger partial charge in [0.1, 0.15) is 11.1 Å². The van der Waals surface area contributed by atoms with E-state index in [4.69, 9.17) is 11.6 Å². The minimum Gasteiger partial charge on any atom is -0.235 e. The maximum Gasteiger partial charge on any atom is 0.135 e. The van der Waals surface area contributed by atoms with Crippen LogP contribution in [0.3, 0.4) is 0 Å². The molecule has 0 radical (unpaired) electrons. The monoisotopic (exact) mass is 296 g/mol. The van der Waals surface area contributed by atoms with Gasteiger partial charge in [-0.3, -0.25) is 0 Å². The Morgan fingerprint density at radius 1 is 1.15 bits per heavy atom. The number of aromatic nitrogens is 1. The van der Waals surface area contributed by atoms with Crippen molar-refractivity contribution in [2.45, 2.75) is 0 Å². The number of hydrogen-bond donors (Lipinski definition) is 0. The smallest absolute Gasteiger partial charge is 0.135 e. The zero-order valence-corrected chi connectivity index (χ0v) is 11.9. The summed E-state index contributed by atoms with van der Waals surface area (Å²) in [6.07, 6.45) is 1.78. The van der Waals surface area contributed by atoms with Gasteiger partial charge in [-0.2, -0.15) is 5.26 Å². The Balaban J connectivity index is 2.10. The van der Waals surface area contributed by atoms with Crippen molar-refractivity contribution in [2.75, 3.05) is 0 Å². The zero-order valence-electron chi connectivity index (χ0n) is 10.4. The van der Waals surface area contributed by atoms with Crippen LogP contribution in [0.15, 0.2) is 48.5 Å². The lowest BCUT2D eigenvalue weighted by atomic mass is 10.1. The Morgan fingerprint density at radius 2 is 1.90 bits per heavy atom. The number of nitrogens with zero attached hydrogens (tertiary/aromatic N) is 2. The topological polar surface area (TPSA) is 36.7 Å². The molecule has 2 nitrogen and oxygen atoms in total. The third kappa shape index (κ3) is 2.44. The first-order valence-electron chi connectivity index (χ1n) is 6.00. The Hall–Kier alpha value is -2.15. The number of benzene rings is 2. The summed E-state index contributed by atoms with van der Waals surface area (Å²) in [4.78, 5) is 4.49. The van der Waals surface area contributed by atoms with Crippen molar-refractivity contribution >= 4 is 44.8 Å². The molecule has 0 aliphatic rings. The summed E-state index contributed by atoms with van der Waals surface area (Å²) in [7, 11) is 0. The van der Waals surface area contributed by atoms with Crippen molar-refractivity contribution in [3.8, 4) is 6.07 Å². The normalized spacial score (nSPS) is 11.5. The van der Waals surface area contributed by atoms with E-state index in [-0.39, 0.29) is 0 Å². The molecular formula is C16H9ClN2S. The van der Waals surface area contributed by atoms with E-state index in [0.717, 1.165) is 15.8 Å². The van der Waals surface area contributed by atoms with Crippen LogP contribution < -0.4 is 0 Å². The van der Waals surface area contributed by atoms with Crippen molar-refractivity contribution in [2.24, 2.45) is 0 Å². The highest BCUT2D eigenvalue weighted by Crippen LogP contribution is 2.29. The molecule has 1 aromatic heterocycles. The Bertz CT molecular complexity index is 810. The minimum absolute atomic E-state index is 0.527. The van der Waals surface area contributed by atoms with Crippen molar-refractivity contribution < 1.29 is 0 Å². The van der Waals surface area contributed by atoms with Crippen LogP contribution in [0.1, 0.15) is 10.6 Å². The maximum absolute atomic E-state index is 9.36. The van der Waals surface area contributed by atoms with E-state index in [1.807, 2.05) is 42.5 Å². The molecule has 0 unspecified atom stereocenters. The second-order valence-corrected chi connectivity index (χ2v) is 5.62. The SMILES string of the molecule is N#C/C(=C/c1ccccc1Cl)c1nc2ccccc2s1. The molecule has 2 aromatic carbocycles. The van der Waals surface area contributed by atoms with Gasteiger partial charge in [-0.05, 0) is 29.8 Å². The first-order chi connectivity index (χ1) is 9.78. The summed E-state index contributed by atoms with van der Waals surface area (Å²) >= 11 is 7.63. The van der Waals surface area contributed by atoms with Gasteiger partial charge in [-0.1, -0.05) is 41.9 Å². The number of fused-ring (bicyclic) bond motifs is 1. The Morgan fingerprint density at radius 3 is 2.65 bits per heavy atom. The largest absolute Gasteiger partial charge is 0.235 e. The molecule has 4 heteroatoms. The van der Waals surface area contributed by atoms with Crippen LogP contribution >= 0.6 is 22.9 Å². The standard InChI is InChI=1S/C16H9ClN2S/c17-13-6-2-1-5-11(13)9-12(10-18)16-19-14-7-3-4-8-15(14)20-16/h1-9H/b12-9-. The van der Waals surface area contributed by atoms with Gasteiger partial charge in [0.25, 0.3) is 0 Å². The van der Waals surface area contributed by atoms with Gasteiger partial charge in [0, 0.05) is 5.02 Å². The number of rotatable bonds is 2. The van der Waals surface area contributed by atoms with Gasteiger partial charge < -0.3 is 0 Å². The van der Waals surface area contributed by atoms with Crippen LogP contribution in [-0.4, -0.2) is 4.98 Å². The fourth-order valence-corrected chi connectivity index (χ4v) is 3.00. The lowest BCUT2D eigenvalue weighted by molar-refractivity contribution is 1.44. The predicted octanol–water partition coefficient (Wildman–Crippen LogP) is 5.01. The number of para-hydroxylation sites is 1. The van der Waals surface area contributed by atoms with Gasteiger partial charge in [0.05, 0.1) is 15.8 Å². The molecule has 0 spiro atoms. The minimum atomic E-state index is 0.527. The van der Waals surface area contributed by atoms with E-state index in [0.29, 0.717) is 15.6 Å². The van der Waals surface area contributed by atoms with Gasteiger partial charge in [-0.15, -0.1) is 11.3 Å². The Labute approximate surface area is 125 Å². The molecule has 0 aliphatic heterocycles. The zero-order chi connectivity index (χ0) is 13.9. The number of hydrogen-bond acceptors (Lipinski definition) is 3. The highest BCUT2D eigenvalue weighted by atomic mass is 35.5. The van der Waals surface area contributed by atoms with E-state index in [9.17, 15) is 5.26 Å². The molecule has 0 N–H and O–H groups in total. The summed E-state index contributed by atoms with van der Waals surface area (Å²) in [5.74, 6) is 0. The summed E-state index contributed by atoms with van der Waals surface area (Å²) in [5.41, 5.74) is 2.26. The van der Waals surface area contributed by atoms with Crippen LogP contribution in [0.5, 0.6) is 0 Å². The molecule has 3 rings (SSSR count). The van der Waals surface area contributed by atoms with Crippen molar-refractivity contribution in [3.05, 3.63) is 64.1 Å². The molecule has 0 aliphatic carbocycles. The average Bonchev–Trinajstić information content (AvgIpc) is 2.90. The van der Waals surface area contributed by atoms with Crippen LogP contribution in [0, 0.1) is 11.3 Å². The number of nitriles is 1. The molecule has 96 valence electrons. The number of thiazole rings is 1. The fourth-order valence-electron chi connectivity index (χ4n) is 1.88. The van der Waals surface area contributed by atoms with E-state index < -0.39 is 0 Å². The molecule has 0 amide bonds. The van der Waals surface area contributed by atoms with Crippen molar-refractivity contribution in [1.82, 2.24) is 4.98 Å². The third-order valence-electron chi connectivity index (χ3n) is 2.85. The summed E-state index contributed by atoms with van der Waals surface area (Å²) in [6, 6.07) is 17.5. The lowest BCUT2D eigenvalue weighted by Crippen LogP contribution is -1.81. The fraction of sp³-hybridized carbons (Fsp3) is 0.